The minimum atomic E-state index is -4.69. The Hall–Kier alpha value is -2.53. The second-order valence-corrected chi connectivity index (χ2v) is 8.39. The van der Waals surface area contributed by atoms with Crippen LogP contribution in [0.15, 0.2) is 36.4 Å². The van der Waals surface area contributed by atoms with Crippen molar-refractivity contribution in [3.63, 3.8) is 0 Å². The van der Waals surface area contributed by atoms with Crippen LogP contribution >= 0.6 is 0 Å². The lowest BCUT2D eigenvalue weighted by molar-refractivity contribution is 0.0191. The third-order valence-corrected chi connectivity index (χ3v) is 6.10. The predicted molar refractivity (Wildman–Crippen MR) is 109 cm³/mol. The van der Waals surface area contributed by atoms with E-state index in [1.807, 2.05) is 18.2 Å². The van der Waals surface area contributed by atoms with Crippen molar-refractivity contribution in [2.24, 2.45) is 11.8 Å². The number of rotatable bonds is 7. The van der Waals surface area contributed by atoms with Crippen molar-refractivity contribution in [1.82, 2.24) is 0 Å². The molecule has 4 rings (SSSR count). The van der Waals surface area contributed by atoms with Crippen LogP contribution in [0.25, 0.3) is 0 Å². The summed E-state index contributed by atoms with van der Waals surface area (Å²) in [5.74, 6) is 1.52. The molecule has 10 heteroatoms. The molecule has 0 unspecified atom stereocenters. The predicted octanol–water partition coefficient (Wildman–Crippen LogP) is 2.97. The van der Waals surface area contributed by atoms with E-state index in [1.165, 1.54) is 13.2 Å². The molecule has 0 aromatic heterocycles. The normalized spacial score (nSPS) is 25.2. The Kier molecular flexibility index (Phi) is 5.98. The van der Waals surface area contributed by atoms with Crippen molar-refractivity contribution in [2.75, 3.05) is 34.5 Å². The molecule has 0 spiro atoms. The maximum atomic E-state index is 11.2. The standard InChI is InChI=1S/C21H24O9S/c1-25-16-6-4-12(8-18(16)27-3)20-14-10-29-21(15(14)11-28-20)13-5-7-17(26-2)19(9-13)30-31(22,23)24/h4-9,14-15,20-21H,10-11H2,1-3H3,(H,22,23,24)/t14-,15-,20+,21-/m0/s1. The maximum Gasteiger partial charge on any atom is 0.446 e. The van der Waals surface area contributed by atoms with Crippen LogP contribution in [0.4, 0.5) is 0 Å². The summed E-state index contributed by atoms with van der Waals surface area (Å²) in [4.78, 5) is 0. The molecule has 0 radical (unpaired) electrons. The number of hydrogen-bond acceptors (Lipinski definition) is 8. The van der Waals surface area contributed by atoms with Gasteiger partial charge in [0.15, 0.2) is 23.0 Å². The lowest BCUT2D eigenvalue weighted by atomic mass is 9.85. The molecule has 0 saturated carbocycles. The molecule has 0 amide bonds. The fraction of sp³-hybridized carbons (Fsp3) is 0.429. The summed E-state index contributed by atoms with van der Waals surface area (Å²) in [6.45, 7) is 0.962. The molecular weight excluding hydrogens is 428 g/mol. The first-order valence-corrected chi connectivity index (χ1v) is 11.0. The van der Waals surface area contributed by atoms with Gasteiger partial charge < -0.3 is 27.9 Å². The van der Waals surface area contributed by atoms with Crippen LogP contribution in [-0.2, 0) is 19.9 Å². The van der Waals surface area contributed by atoms with Gasteiger partial charge in [0.2, 0.25) is 0 Å². The van der Waals surface area contributed by atoms with Gasteiger partial charge in [0.25, 0.3) is 0 Å². The number of benzene rings is 2. The monoisotopic (exact) mass is 452 g/mol. The van der Waals surface area contributed by atoms with E-state index < -0.39 is 10.4 Å². The second-order valence-electron chi connectivity index (χ2n) is 7.37. The van der Waals surface area contributed by atoms with Crippen LogP contribution in [0.2, 0.25) is 0 Å². The largest absolute Gasteiger partial charge is 0.493 e. The average molecular weight is 452 g/mol. The quantitative estimate of drug-likeness (QED) is 0.634. The van der Waals surface area contributed by atoms with Gasteiger partial charge >= 0.3 is 10.4 Å². The van der Waals surface area contributed by atoms with Gasteiger partial charge in [-0.25, -0.2) is 0 Å². The summed E-state index contributed by atoms with van der Waals surface area (Å²) in [6, 6.07) is 10.6. The molecule has 1 N–H and O–H groups in total. The van der Waals surface area contributed by atoms with Crippen LogP contribution in [0.5, 0.6) is 23.0 Å². The van der Waals surface area contributed by atoms with Gasteiger partial charge in [-0.15, -0.1) is 0 Å². The Bertz CT molecular complexity index is 1050. The van der Waals surface area contributed by atoms with Crippen molar-refractivity contribution >= 4 is 10.4 Å². The van der Waals surface area contributed by atoms with Crippen molar-refractivity contribution in [3.05, 3.63) is 47.5 Å². The Balaban J connectivity index is 1.58. The summed E-state index contributed by atoms with van der Waals surface area (Å²) in [6.07, 6.45) is -0.480. The summed E-state index contributed by atoms with van der Waals surface area (Å²) in [7, 11) is -0.136. The molecule has 4 atom stereocenters. The SMILES string of the molecule is COc1ccc([C@H]2OC[C@H]3[C@@H]2CO[C@H]3c2ccc(OC)c(OS(=O)(=O)O)c2)cc1OC. The van der Waals surface area contributed by atoms with Gasteiger partial charge in [0, 0.05) is 11.8 Å². The molecule has 31 heavy (non-hydrogen) atoms. The first kappa shape index (κ1) is 21.7. The van der Waals surface area contributed by atoms with Gasteiger partial charge in [0.05, 0.1) is 46.8 Å². The molecule has 168 valence electrons. The average Bonchev–Trinajstić information content (AvgIpc) is 3.34. The first-order chi connectivity index (χ1) is 14.8. The van der Waals surface area contributed by atoms with Gasteiger partial charge in [-0.05, 0) is 35.4 Å². The highest BCUT2D eigenvalue weighted by Gasteiger charge is 2.48. The van der Waals surface area contributed by atoms with Gasteiger partial charge in [-0.3, -0.25) is 4.55 Å². The van der Waals surface area contributed by atoms with E-state index in [2.05, 4.69) is 4.18 Å². The van der Waals surface area contributed by atoms with Crippen molar-refractivity contribution < 1.29 is 40.8 Å². The molecular formula is C21H24O9S. The van der Waals surface area contributed by atoms with E-state index >= 15 is 0 Å². The lowest BCUT2D eigenvalue weighted by Crippen LogP contribution is -2.15. The highest BCUT2D eigenvalue weighted by Crippen LogP contribution is 2.51. The zero-order valence-electron chi connectivity index (χ0n) is 17.3. The van der Waals surface area contributed by atoms with Crippen molar-refractivity contribution in [1.29, 1.82) is 0 Å². The Labute approximate surface area is 180 Å². The van der Waals surface area contributed by atoms with E-state index in [0.717, 1.165) is 5.56 Å². The summed E-state index contributed by atoms with van der Waals surface area (Å²) < 4.78 is 64.1. The molecule has 2 fully saturated rings. The lowest BCUT2D eigenvalue weighted by Gasteiger charge is -2.18. The zero-order valence-corrected chi connectivity index (χ0v) is 18.1. The topological polar surface area (TPSA) is 110 Å². The Morgan fingerprint density at radius 1 is 0.774 bits per heavy atom. The third-order valence-electron chi connectivity index (χ3n) is 5.71. The van der Waals surface area contributed by atoms with Crippen LogP contribution in [0, 0.1) is 11.8 Å². The van der Waals surface area contributed by atoms with Gasteiger partial charge in [-0.1, -0.05) is 12.1 Å². The molecule has 9 nitrogen and oxygen atoms in total. The van der Waals surface area contributed by atoms with E-state index in [9.17, 15) is 8.42 Å². The molecule has 2 saturated heterocycles. The summed E-state index contributed by atoms with van der Waals surface area (Å²) in [5, 5.41) is 0. The highest BCUT2D eigenvalue weighted by atomic mass is 32.3. The third kappa shape index (κ3) is 4.29. The number of hydrogen-bond donors (Lipinski definition) is 1. The minimum Gasteiger partial charge on any atom is -0.493 e. The van der Waals surface area contributed by atoms with Gasteiger partial charge in [-0.2, -0.15) is 8.42 Å². The van der Waals surface area contributed by atoms with E-state index in [-0.39, 0.29) is 35.5 Å². The number of fused-ring (bicyclic) bond motifs is 1. The van der Waals surface area contributed by atoms with Crippen LogP contribution in [-0.4, -0.2) is 47.5 Å². The maximum absolute atomic E-state index is 11.2. The Morgan fingerprint density at radius 3 is 1.68 bits per heavy atom. The van der Waals surface area contributed by atoms with Crippen LogP contribution in [0.3, 0.4) is 0 Å². The van der Waals surface area contributed by atoms with E-state index in [0.29, 0.717) is 30.3 Å². The fourth-order valence-corrected chi connectivity index (χ4v) is 4.67. The van der Waals surface area contributed by atoms with Crippen LogP contribution < -0.4 is 18.4 Å². The molecule has 2 aliphatic heterocycles. The smallest absolute Gasteiger partial charge is 0.446 e. The van der Waals surface area contributed by atoms with Crippen molar-refractivity contribution in [2.45, 2.75) is 12.2 Å². The van der Waals surface area contributed by atoms with E-state index in [4.69, 9.17) is 28.2 Å². The minimum absolute atomic E-state index is 0.0603. The Morgan fingerprint density at radius 2 is 1.23 bits per heavy atom. The number of methoxy groups -OCH3 is 3. The molecule has 0 aliphatic carbocycles. The molecule has 2 aromatic carbocycles. The fourth-order valence-electron chi connectivity index (χ4n) is 4.31. The van der Waals surface area contributed by atoms with Crippen LogP contribution in [0.1, 0.15) is 23.3 Å². The zero-order chi connectivity index (χ0) is 22.2. The molecule has 2 aliphatic rings. The van der Waals surface area contributed by atoms with Crippen molar-refractivity contribution in [3.8, 4) is 23.0 Å². The summed E-state index contributed by atoms with van der Waals surface area (Å²) in [5.41, 5.74) is 1.68. The second kappa shape index (κ2) is 8.54. The molecule has 2 heterocycles. The first-order valence-electron chi connectivity index (χ1n) is 9.64. The molecule has 0 bridgehead atoms. The van der Waals surface area contributed by atoms with E-state index in [1.54, 1.807) is 26.4 Å². The van der Waals surface area contributed by atoms with Gasteiger partial charge in [0.1, 0.15) is 0 Å². The number of ether oxygens (including phenoxy) is 5. The highest BCUT2D eigenvalue weighted by molar-refractivity contribution is 7.81. The molecule has 2 aromatic rings. The summed E-state index contributed by atoms with van der Waals surface area (Å²) >= 11 is 0.